The van der Waals surface area contributed by atoms with Gasteiger partial charge in [0.1, 0.15) is 0 Å². The van der Waals surface area contributed by atoms with E-state index in [1.807, 2.05) is 5.38 Å². The summed E-state index contributed by atoms with van der Waals surface area (Å²) in [5.41, 5.74) is 5.09. The van der Waals surface area contributed by atoms with Gasteiger partial charge in [-0.15, -0.1) is 11.3 Å². The summed E-state index contributed by atoms with van der Waals surface area (Å²) >= 11 is 7.28. The van der Waals surface area contributed by atoms with Crippen molar-refractivity contribution in [2.24, 2.45) is 5.73 Å². The molecule has 0 aliphatic heterocycles. The lowest BCUT2D eigenvalue weighted by molar-refractivity contribution is -0.119. The number of rotatable bonds is 2. The maximum Gasteiger partial charge on any atom is 0.234 e. The Morgan fingerprint density at radius 2 is 2.50 bits per heavy atom. The zero-order chi connectivity index (χ0) is 10.4. The Balaban J connectivity index is 2.42. The van der Waals surface area contributed by atoms with Crippen molar-refractivity contribution in [3.63, 3.8) is 0 Å². The van der Waals surface area contributed by atoms with Crippen molar-refractivity contribution in [2.75, 3.05) is 13.1 Å². The molecule has 0 spiro atoms. The molecule has 0 aromatic carbocycles. The highest BCUT2D eigenvalue weighted by Crippen LogP contribution is 2.20. The van der Waals surface area contributed by atoms with Gasteiger partial charge in [-0.3, -0.25) is 4.79 Å². The van der Waals surface area contributed by atoms with Crippen LogP contribution in [0.5, 0.6) is 0 Å². The number of amides is 1. The van der Waals surface area contributed by atoms with Crippen LogP contribution in [-0.2, 0) is 4.79 Å². The average molecular weight is 229 g/mol. The Hall–Kier alpha value is -1.02. The lowest BCUT2D eigenvalue weighted by Crippen LogP contribution is -2.30. The van der Waals surface area contributed by atoms with Gasteiger partial charge in [-0.05, 0) is 11.4 Å². The second-order valence-electron chi connectivity index (χ2n) is 2.38. The van der Waals surface area contributed by atoms with E-state index < -0.39 is 0 Å². The van der Waals surface area contributed by atoms with Gasteiger partial charge in [-0.2, -0.15) is 0 Å². The number of nitrogens with two attached hydrogens (primary N) is 1. The third kappa shape index (κ3) is 3.38. The average Bonchev–Trinajstić information content (AvgIpc) is 2.58. The molecule has 74 valence electrons. The zero-order valence-corrected chi connectivity index (χ0v) is 8.91. The third-order valence-corrected chi connectivity index (χ3v) is 2.64. The summed E-state index contributed by atoms with van der Waals surface area (Å²) in [7, 11) is 0. The molecule has 0 saturated carbocycles. The van der Waals surface area contributed by atoms with Gasteiger partial charge in [0.2, 0.25) is 5.91 Å². The number of carbonyl (C=O) groups is 1. The molecule has 3 nitrogen and oxygen atoms in total. The minimum Gasteiger partial charge on any atom is -0.344 e. The first-order valence-electron chi connectivity index (χ1n) is 3.92. The first-order valence-corrected chi connectivity index (χ1v) is 5.18. The molecule has 1 aromatic heterocycles. The van der Waals surface area contributed by atoms with Gasteiger partial charge in [-0.25, -0.2) is 0 Å². The zero-order valence-electron chi connectivity index (χ0n) is 7.34. The molecule has 14 heavy (non-hydrogen) atoms. The molecule has 0 aliphatic rings. The van der Waals surface area contributed by atoms with Crippen LogP contribution in [0.25, 0.3) is 0 Å². The summed E-state index contributed by atoms with van der Waals surface area (Å²) in [6.07, 6.45) is 0. The minimum atomic E-state index is -0.212. The molecule has 5 heteroatoms. The Morgan fingerprint density at radius 1 is 1.71 bits per heavy atom. The molecular weight excluding hydrogens is 220 g/mol. The normalized spacial score (nSPS) is 9.00. The van der Waals surface area contributed by atoms with E-state index in [2.05, 4.69) is 17.2 Å². The lowest BCUT2D eigenvalue weighted by Gasteiger charge is -1.94. The van der Waals surface area contributed by atoms with Gasteiger partial charge in [0.05, 0.1) is 23.0 Å². The molecular formula is C9H9ClN2OS. The highest BCUT2D eigenvalue weighted by atomic mass is 35.5. The number of nitrogens with one attached hydrogen (secondary N) is 1. The first kappa shape index (κ1) is 11.1. The Bertz CT molecular complexity index is 378. The molecule has 1 rings (SSSR count). The second-order valence-corrected chi connectivity index (χ2v) is 3.70. The van der Waals surface area contributed by atoms with Crippen LogP contribution in [0, 0.1) is 11.8 Å². The predicted molar refractivity (Wildman–Crippen MR) is 58.3 cm³/mol. The Morgan fingerprint density at radius 3 is 3.07 bits per heavy atom. The van der Waals surface area contributed by atoms with Gasteiger partial charge in [0, 0.05) is 0 Å². The summed E-state index contributed by atoms with van der Waals surface area (Å²) in [6, 6.07) is 1.79. The Kier molecular flexibility index (Phi) is 4.47. The van der Waals surface area contributed by atoms with Crippen LogP contribution in [0.2, 0.25) is 5.02 Å². The van der Waals surface area contributed by atoms with Crippen LogP contribution in [0.15, 0.2) is 11.4 Å². The van der Waals surface area contributed by atoms with Crippen molar-refractivity contribution in [3.8, 4) is 11.8 Å². The molecule has 0 radical (unpaired) electrons. The summed E-state index contributed by atoms with van der Waals surface area (Å²) in [5.74, 6) is 5.42. The smallest absolute Gasteiger partial charge is 0.234 e. The van der Waals surface area contributed by atoms with Crippen LogP contribution < -0.4 is 11.1 Å². The lowest BCUT2D eigenvalue weighted by atomic mass is 10.4. The quantitative estimate of drug-likeness (QED) is 0.737. The van der Waals surface area contributed by atoms with E-state index in [1.54, 1.807) is 6.07 Å². The van der Waals surface area contributed by atoms with E-state index in [0.29, 0.717) is 11.6 Å². The SMILES string of the molecule is NCC(=O)NCC#Cc1sccc1Cl. The van der Waals surface area contributed by atoms with Gasteiger partial charge in [0.15, 0.2) is 0 Å². The highest BCUT2D eigenvalue weighted by Gasteiger charge is 1.96. The van der Waals surface area contributed by atoms with Crippen molar-refractivity contribution in [2.45, 2.75) is 0 Å². The van der Waals surface area contributed by atoms with Crippen LogP contribution >= 0.6 is 22.9 Å². The van der Waals surface area contributed by atoms with Crippen LogP contribution in [0.1, 0.15) is 4.88 Å². The van der Waals surface area contributed by atoms with Crippen molar-refractivity contribution in [1.29, 1.82) is 0 Å². The molecule has 1 amide bonds. The van der Waals surface area contributed by atoms with E-state index >= 15 is 0 Å². The molecule has 0 fully saturated rings. The van der Waals surface area contributed by atoms with E-state index in [9.17, 15) is 4.79 Å². The van der Waals surface area contributed by atoms with Crippen molar-refractivity contribution >= 4 is 28.8 Å². The van der Waals surface area contributed by atoms with Crippen molar-refractivity contribution < 1.29 is 4.79 Å². The van der Waals surface area contributed by atoms with Crippen LogP contribution in [0.4, 0.5) is 0 Å². The fraction of sp³-hybridized carbons (Fsp3) is 0.222. The monoisotopic (exact) mass is 228 g/mol. The highest BCUT2D eigenvalue weighted by molar-refractivity contribution is 7.11. The van der Waals surface area contributed by atoms with Crippen LogP contribution in [0.3, 0.4) is 0 Å². The molecule has 0 bridgehead atoms. The number of halogens is 1. The maximum atomic E-state index is 10.7. The fourth-order valence-electron chi connectivity index (χ4n) is 0.722. The number of carbonyl (C=O) groups excluding carboxylic acids is 1. The first-order chi connectivity index (χ1) is 6.74. The standard InChI is InChI=1S/C9H9ClN2OS/c10-7-3-5-14-8(7)2-1-4-12-9(13)6-11/h3,5H,4,6,11H2,(H,12,13). The van der Waals surface area contributed by atoms with E-state index in [4.69, 9.17) is 17.3 Å². The van der Waals surface area contributed by atoms with Gasteiger partial charge in [0.25, 0.3) is 0 Å². The molecule has 0 atom stereocenters. The Labute approximate surface area is 91.3 Å². The second kappa shape index (κ2) is 5.66. The molecule has 0 aliphatic carbocycles. The minimum absolute atomic E-state index is 0.0125. The predicted octanol–water partition coefficient (Wildman–Crippen LogP) is 0.828. The largest absolute Gasteiger partial charge is 0.344 e. The van der Waals surface area contributed by atoms with E-state index in [-0.39, 0.29) is 12.5 Å². The van der Waals surface area contributed by atoms with Crippen molar-refractivity contribution in [3.05, 3.63) is 21.3 Å². The van der Waals surface area contributed by atoms with Crippen LogP contribution in [-0.4, -0.2) is 19.0 Å². The van der Waals surface area contributed by atoms with Gasteiger partial charge in [-0.1, -0.05) is 23.4 Å². The summed E-state index contributed by atoms with van der Waals surface area (Å²) in [6.45, 7) is 0.283. The summed E-state index contributed by atoms with van der Waals surface area (Å²) < 4.78 is 0. The fourth-order valence-corrected chi connectivity index (χ4v) is 1.69. The van der Waals surface area contributed by atoms with Gasteiger partial charge >= 0.3 is 0 Å². The number of thiophene rings is 1. The van der Waals surface area contributed by atoms with E-state index in [0.717, 1.165) is 4.88 Å². The number of hydrogen-bond acceptors (Lipinski definition) is 3. The third-order valence-electron chi connectivity index (χ3n) is 1.38. The van der Waals surface area contributed by atoms with Crippen molar-refractivity contribution in [1.82, 2.24) is 5.32 Å². The molecule has 0 saturated heterocycles. The van der Waals surface area contributed by atoms with E-state index in [1.165, 1.54) is 11.3 Å². The number of hydrogen-bond donors (Lipinski definition) is 2. The molecule has 1 heterocycles. The summed E-state index contributed by atoms with van der Waals surface area (Å²) in [5, 5.41) is 5.05. The molecule has 0 unspecified atom stereocenters. The molecule has 3 N–H and O–H groups in total. The topological polar surface area (TPSA) is 55.1 Å². The summed E-state index contributed by atoms with van der Waals surface area (Å²) in [4.78, 5) is 11.5. The molecule has 1 aromatic rings. The maximum absolute atomic E-state index is 10.7. The van der Waals surface area contributed by atoms with Gasteiger partial charge < -0.3 is 11.1 Å².